The van der Waals surface area contributed by atoms with E-state index in [4.69, 9.17) is 16.3 Å². The zero-order valence-electron chi connectivity index (χ0n) is 15.3. The van der Waals surface area contributed by atoms with Gasteiger partial charge in [-0.1, -0.05) is 43.1 Å². The average molecular weight is 399 g/mol. The van der Waals surface area contributed by atoms with Crippen molar-refractivity contribution in [1.29, 1.82) is 0 Å². The molecule has 144 valence electrons. The molecule has 0 radical (unpaired) electrons. The summed E-state index contributed by atoms with van der Waals surface area (Å²) in [5.41, 5.74) is 0.892. The molecule has 7 nitrogen and oxygen atoms in total. The predicted octanol–water partition coefficient (Wildman–Crippen LogP) is 3.71. The van der Waals surface area contributed by atoms with Gasteiger partial charge in [0.1, 0.15) is 0 Å². The number of unbranched alkanes of at least 4 members (excludes halogenated alkanes) is 1. The topological polar surface area (TPSA) is 87.0 Å². The number of benzene rings is 2. The van der Waals surface area contributed by atoms with Crippen molar-refractivity contribution in [3.05, 3.63) is 76.1 Å². The van der Waals surface area contributed by atoms with E-state index in [0.717, 1.165) is 12.8 Å². The average Bonchev–Trinajstić information content (AvgIpc) is 3.18. The van der Waals surface area contributed by atoms with Gasteiger partial charge in [-0.3, -0.25) is 4.79 Å². The molecule has 0 aliphatic rings. The normalized spacial score (nSPS) is 10.6. The summed E-state index contributed by atoms with van der Waals surface area (Å²) in [6.07, 6.45) is 1.92. The number of hydrogen-bond acceptors (Lipinski definition) is 6. The number of carbonyl (C=O) groups is 2. The van der Waals surface area contributed by atoms with Gasteiger partial charge in [0, 0.05) is 22.7 Å². The third kappa shape index (κ3) is 4.61. The van der Waals surface area contributed by atoms with Gasteiger partial charge in [-0.05, 0) is 47.2 Å². The highest BCUT2D eigenvalue weighted by Gasteiger charge is 2.20. The first kappa shape index (κ1) is 19.7. The predicted molar refractivity (Wildman–Crippen MR) is 103 cm³/mol. The highest BCUT2D eigenvalue weighted by molar-refractivity contribution is 6.30. The van der Waals surface area contributed by atoms with Crippen LogP contribution in [0.15, 0.2) is 48.5 Å². The number of aromatic nitrogens is 4. The second-order valence-electron chi connectivity index (χ2n) is 6.13. The van der Waals surface area contributed by atoms with Crippen molar-refractivity contribution >= 4 is 23.4 Å². The number of carbonyl (C=O) groups excluding carboxylic acids is 2. The van der Waals surface area contributed by atoms with Crippen molar-refractivity contribution < 1.29 is 14.3 Å². The largest absolute Gasteiger partial charge is 0.454 e. The molecule has 3 aromatic rings. The zero-order valence-corrected chi connectivity index (χ0v) is 16.1. The minimum Gasteiger partial charge on any atom is -0.454 e. The Labute approximate surface area is 167 Å². The number of ether oxygens (including phenoxy) is 1. The molecule has 28 heavy (non-hydrogen) atoms. The standard InChI is InChI=1S/C20H19ClN4O3/c1-2-3-12-25-18(22-23-24-25)13-28-20(27)17-7-5-4-6-16(17)19(26)14-8-10-15(21)11-9-14/h4-11H,2-3,12-13H2,1H3. The Kier molecular flexibility index (Phi) is 6.49. The number of nitrogens with zero attached hydrogens (tertiary/aromatic N) is 4. The van der Waals surface area contributed by atoms with Gasteiger partial charge in [0.15, 0.2) is 18.2 Å². The van der Waals surface area contributed by atoms with E-state index in [9.17, 15) is 9.59 Å². The van der Waals surface area contributed by atoms with Crippen molar-refractivity contribution in [2.45, 2.75) is 32.9 Å². The van der Waals surface area contributed by atoms with Gasteiger partial charge in [0.2, 0.25) is 0 Å². The van der Waals surface area contributed by atoms with E-state index in [1.165, 1.54) is 0 Å². The number of halogens is 1. The van der Waals surface area contributed by atoms with Gasteiger partial charge in [0.25, 0.3) is 0 Å². The fraction of sp³-hybridized carbons (Fsp3) is 0.250. The molecule has 0 unspecified atom stereocenters. The van der Waals surface area contributed by atoms with Crippen LogP contribution in [0.5, 0.6) is 0 Å². The van der Waals surface area contributed by atoms with Crippen LogP contribution in [0.25, 0.3) is 0 Å². The smallest absolute Gasteiger partial charge is 0.339 e. The Morgan fingerprint density at radius 1 is 1.07 bits per heavy atom. The van der Waals surface area contributed by atoms with Crippen molar-refractivity contribution in [3.63, 3.8) is 0 Å². The van der Waals surface area contributed by atoms with Crippen LogP contribution in [-0.4, -0.2) is 32.0 Å². The van der Waals surface area contributed by atoms with Gasteiger partial charge >= 0.3 is 5.97 Å². The minimum atomic E-state index is -0.608. The first-order chi connectivity index (χ1) is 13.6. The van der Waals surface area contributed by atoms with Crippen LogP contribution in [0.4, 0.5) is 0 Å². The Morgan fingerprint density at radius 2 is 1.79 bits per heavy atom. The van der Waals surface area contributed by atoms with E-state index in [0.29, 0.717) is 23.0 Å². The summed E-state index contributed by atoms with van der Waals surface area (Å²) >= 11 is 5.88. The molecule has 1 heterocycles. The molecule has 0 amide bonds. The summed E-state index contributed by atoms with van der Waals surface area (Å²) in [5, 5.41) is 11.9. The first-order valence-corrected chi connectivity index (χ1v) is 9.29. The highest BCUT2D eigenvalue weighted by Crippen LogP contribution is 2.18. The molecule has 0 aliphatic carbocycles. The lowest BCUT2D eigenvalue weighted by molar-refractivity contribution is 0.0454. The van der Waals surface area contributed by atoms with Gasteiger partial charge in [-0.2, -0.15) is 0 Å². The third-order valence-corrected chi connectivity index (χ3v) is 4.41. The van der Waals surface area contributed by atoms with E-state index < -0.39 is 5.97 Å². The summed E-state index contributed by atoms with van der Waals surface area (Å²) in [6.45, 7) is 2.65. The van der Waals surface area contributed by atoms with Crippen LogP contribution in [0.2, 0.25) is 5.02 Å². The van der Waals surface area contributed by atoms with Crippen LogP contribution in [0.1, 0.15) is 51.9 Å². The molecule has 2 aromatic carbocycles. The van der Waals surface area contributed by atoms with Crippen molar-refractivity contribution in [3.8, 4) is 0 Å². The summed E-state index contributed by atoms with van der Waals surface area (Å²) in [7, 11) is 0. The quantitative estimate of drug-likeness (QED) is 0.424. The van der Waals surface area contributed by atoms with Crippen LogP contribution < -0.4 is 0 Å². The number of hydrogen-bond donors (Lipinski definition) is 0. The van der Waals surface area contributed by atoms with Gasteiger partial charge in [-0.15, -0.1) is 5.10 Å². The second kappa shape index (κ2) is 9.23. The Morgan fingerprint density at radius 3 is 2.50 bits per heavy atom. The molecule has 3 rings (SSSR count). The van der Waals surface area contributed by atoms with Crippen molar-refractivity contribution in [2.24, 2.45) is 0 Å². The van der Waals surface area contributed by atoms with E-state index in [1.807, 2.05) is 0 Å². The maximum Gasteiger partial charge on any atom is 0.339 e. The molecule has 0 saturated heterocycles. The Bertz CT molecular complexity index is 970. The maximum atomic E-state index is 12.8. The highest BCUT2D eigenvalue weighted by atomic mass is 35.5. The number of ketones is 1. The minimum absolute atomic E-state index is 0.0704. The lowest BCUT2D eigenvalue weighted by atomic mass is 9.98. The molecule has 0 saturated carbocycles. The molecule has 1 aromatic heterocycles. The number of esters is 1. The SMILES string of the molecule is CCCCn1nnnc1COC(=O)c1ccccc1C(=O)c1ccc(Cl)cc1. The van der Waals surface area contributed by atoms with Crippen LogP contribution in [0.3, 0.4) is 0 Å². The summed E-state index contributed by atoms with van der Waals surface area (Å²) in [5.74, 6) is -0.428. The Hall–Kier alpha value is -3.06. The fourth-order valence-corrected chi connectivity index (χ4v) is 2.76. The maximum absolute atomic E-state index is 12.8. The van der Waals surface area contributed by atoms with E-state index in [-0.39, 0.29) is 23.5 Å². The zero-order chi connectivity index (χ0) is 19.9. The molecule has 8 heteroatoms. The molecule has 0 aliphatic heterocycles. The summed E-state index contributed by atoms with van der Waals surface area (Å²) in [6, 6.07) is 13.0. The second-order valence-corrected chi connectivity index (χ2v) is 6.57. The molecule has 0 atom stereocenters. The van der Waals surface area contributed by atoms with Crippen molar-refractivity contribution in [1.82, 2.24) is 20.2 Å². The van der Waals surface area contributed by atoms with E-state index in [2.05, 4.69) is 22.4 Å². The van der Waals surface area contributed by atoms with Gasteiger partial charge in [-0.25, -0.2) is 9.48 Å². The molecular weight excluding hydrogens is 380 g/mol. The van der Waals surface area contributed by atoms with Gasteiger partial charge < -0.3 is 4.74 Å². The van der Waals surface area contributed by atoms with Gasteiger partial charge in [0.05, 0.1) is 5.56 Å². The molecular formula is C20H19ClN4O3. The van der Waals surface area contributed by atoms with E-state index >= 15 is 0 Å². The molecule has 0 N–H and O–H groups in total. The monoisotopic (exact) mass is 398 g/mol. The summed E-state index contributed by atoms with van der Waals surface area (Å²) < 4.78 is 6.98. The summed E-state index contributed by atoms with van der Waals surface area (Å²) in [4.78, 5) is 25.4. The number of aryl methyl sites for hydroxylation is 1. The molecule has 0 bridgehead atoms. The van der Waals surface area contributed by atoms with Crippen LogP contribution in [-0.2, 0) is 17.9 Å². The van der Waals surface area contributed by atoms with Crippen LogP contribution >= 0.6 is 11.6 Å². The third-order valence-electron chi connectivity index (χ3n) is 4.16. The van der Waals surface area contributed by atoms with E-state index in [1.54, 1.807) is 53.2 Å². The molecule has 0 fully saturated rings. The van der Waals surface area contributed by atoms with Crippen molar-refractivity contribution in [2.75, 3.05) is 0 Å². The number of rotatable bonds is 8. The Balaban J connectivity index is 1.75. The first-order valence-electron chi connectivity index (χ1n) is 8.91. The van der Waals surface area contributed by atoms with Crippen LogP contribution in [0, 0.1) is 0 Å². The number of tetrazole rings is 1. The molecule has 0 spiro atoms. The fourth-order valence-electron chi connectivity index (χ4n) is 2.63. The lowest BCUT2D eigenvalue weighted by Crippen LogP contribution is -2.14. The lowest BCUT2D eigenvalue weighted by Gasteiger charge is -2.09.